The first kappa shape index (κ1) is 16.0. The van der Waals surface area contributed by atoms with E-state index in [4.69, 9.17) is 16.3 Å². The highest BCUT2D eigenvalue weighted by Crippen LogP contribution is 2.34. The van der Waals surface area contributed by atoms with Crippen molar-refractivity contribution in [3.05, 3.63) is 52.8 Å². The van der Waals surface area contributed by atoms with Crippen molar-refractivity contribution in [3.63, 3.8) is 0 Å². The average Bonchev–Trinajstić information content (AvgIpc) is 2.56. The quantitative estimate of drug-likeness (QED) is 0.743. The van der Waals surface area contributed by atoms with Crippen molar-refractivity contribution < 1.29 is 14.6 Å². The van der Waals surface area contributed by atoms with Gasteiger partial charge >= 0.3 is 5.97 Å². The normalized spacial score (nSPS) is 10.6. The molecule has 2 N–H and O–H groups in total. The fourth-order valence-electron chi connectivity index (χ4n) is 2.38. The van der Waals surface area contributed by atoms with Crippen LogP contribution in [0.4, 0.5) is 11.5 Å². The number of hydrogen-bond donors (Lipinski definition) is 2. The van der Waals surface area contributed by atoms with E-state index in [1.807, 2.05) is 25.1 Å². The number of nitrogens with one attached hydrogen (secondary N) is 1. The van der Waals surface area contributed by atoms with E-state index < -0.39 is 5.97 Å². The molecule has 3 aromatic rings. The van der Waals surface area contributed by atoms with Crippen molar-refractivity contribution >= 4 is 40.0 Å². The van der Waals surface area contributed by atoms with Crippen molar-refractivity contribution in [3.8, 4) is 5.75 Å². The number of hydrogen-bond acceptors (Lipinski definition) is 5. The number of aryl methyl sites for hydroxylation is 1. The fourth-order valence-corrected chi connectivity index (χ4v) is 2.59. The summed E-state index contributed by atoms with van der Waals surface area (Å²) < 4.78 is 5.13. The van der Waals surface area contributed by atoms with Crippen LogP contribution in [-0.2, 0) is 0 Å². The minimum Gasteiger partial charge on any atom is -0.496 e. The van der Waals surface area contributed by atoms with E-state index in [-0.39, 0.29) is 16.3 Å². The Balaban J connectivity index is 2.09. The van der Waals surface area contributed by atoms with Crippen LogP contribution in [0.5, 0.6) is 5.75 Å². The molecule has 6 nitrogen and oxygen atoms in total. The van der Waals surface area contributed by atoms with Crippen molar-refractivity contribution in [1.82, 2.24) is 9.97 Å². The van der Waals surface area contributed by atoms with Gasteiger partial charge in [-0.2, -0.15) is 0 Å². The number of aromatic nitrogens is 2. The number of methoxy groups -OCH3 is 1. The number of carbonyl (C=O) groups is 1. The Morgan fingerprint density at radius 2 is 2.04 bits per heavy atom. The molecule has 0 atom stereocenters. The SMILES string of the molecule is COc1cc(Nc2ncnc3ccc(C)cc23)c(Cl)cc1C(=O)O. The second-order valence-electron chi connectivity index (χ2n) is 5.21. The second-order valence-corrected chi connectivity index (χ2v) is 5.61. The molecule has 24 heavy (non-hydrogen) atoms. The predicted molar refractivity (Wildman–Crippen MR) is 92.5 cm³/mol. The Hall–Kier alpha value is -2.86. The lowest BCUT2D eigenvalue weighted by molar-refractivity contribution is 0.0693. The first-order valence-corrected chi connectivity index (χ1v) is 7.46. The number of halogens is 1. The Kier molecular flexibility index (Phi) is 4.22. The minimum absolute atomic E-state index is 0.00330. The lowest BCUT2D eigenvalue weighted by Crippen LogP contribution is -2.03. The van der Waals surface area contributed by atoms with Crippen LogP contribution in [0.1, 0.15) is 15.9 Å². The van der Waals surface area contributed by atoms with Crippen molar-refractivity contribution in [2.24, 2.45) is 0 Å². The molecule has 0 spiro atoms. The Morgan fingerprint density at radius 1 is 1.25 bits per heavy atom. The first-order valence-electron chi connectivity index (χ1n) is 7.09. The number of ether oxygens (including phenoxy) is 1. The van der Waals surface area contributed by atoms with E-state index in [0.717, 1.165) is 16.5 Å². The van der Waals surface area contributed by atoms with Gasteiger partial charge in [0.1, 0.15) is 23.5 Å². The number of fused-ring (bicyclic) bond motifs is 1. The van der Waals surface area contributed by atoms with Crippen molar-refractivity contribution in [2.75, 3.05) is 12.4 Å². The van der Waals surface area contributed by atoms with Gasteiger partial charge in [0.25, 0.3) is 0 Å². The molecule has 7 heteroatoms. The van der Waals surface area contributed by atoms with Crippen LogP contribution >= 0.6 is 11.6 Å². The zero-order valence-electron chi connectivity index (χ0n) is 13.0. The average molecular weight is 344 g/mol. The molecule has 1 aromatic heterocycles. The molecule has 3 rings (SSSR count). The molecule has 122 valence electrons. The number of aromatic carboxylic acids is 1. The molecule has 2 aromatic carbocycles. The molecule has 0 unspecified atom stereocenters. The number of rotatable bonds is 4. The summed E-state index contributed by atoms with van der Waals surface area (Å²) >= 11 is 6.21. The van der Waals surface area contributed by atoms with Crippen LogP contribution in [-0.4, -0.2) is 28.2 Å². The van der Waals surface area contributed by atoms with Gasteiger partial charge < -0.3 is 15.2 Å². The van der Waals surface area contributed by atoms with E-state index in [0.29, 0.717) is 11.5 Å². The molecular weight excluding hydrogens is 330 g/mol. The number of carboxylic acid groups (broad SMARTS) is 1. The fraction of sp³-hybridized carbons (Fsp3) is 0.118. The Labute approximate surface area is 143 Å². The van der Waals surface area contributed by atoms with E-state index in [2.05, 4.69) is 15.3 Å². The number of nitrogens with zero attached hydrogens (tertiary/aromatic N) is 2. The highest BCUT2D eigenvalue weighted by atomic mass is 35.5. The summed E-state index contributed by atoms with van der Waals surface area (Å²) in [6.07, 6.45) is 1.46. The minimum atomic E-state index is -1.11. The van der Waals surface area contributed by atoms with Crippen LogP contribution in [0.3, 0.4) is 0 Å². The molecule has 0 saturated carbocycles. The van der Waals surface area contributed by atoms with Crippen LogP contribution < -0.4 is 10.1 Å². The van der Waals surface area contributed by atoms with Crippen molar-refractivity contribution in [2.45, 2.75) is 6.92 Å². The largest absolute Gasteiger partial charge is 0.496 e. The maximum atomic E-state index is 11.2. The van der Waals surface area contributed by atoms with Gasteiger partial charge in [0, 0.05) is 11.5 Å². The smallest absolute Gasteiger partial charge is 0.339 e. The highest BCUT2D eigenvalue weighted by Gasteiger charge is 2.16. The van der Waals surface area contributed by atoms with Crippen LogP contribution in [0.15, 0.2) is 36.7 Å². The molecule has 0 saturated heterocycles. The summed E-state index contributed by atoms with van der Waals surface area (Å²) in [5, 5.41) is 13.4. The zero-order chi connectivity index (χ0) is 17.3. The topological polar surface area (TPSA) is 84.3 Å². The molecule has 1 heterocycles. The van der Waals surface area contributed by atoms with Gasteiger partial charge in [0.05, 0.1) is 23.3 Å². The molecular formula is C17H14ClN3O3. The first-order chi connectivity index (χ1) is 11.5. The lowest BCUT2D eigenvalue weighted by atomic mass is 10.1. The van der Waals surface area contributed by atoms with Crippen LogP contribution in [0.2, 0.25) is 5.02 Å². The standard InChI is InChI=1S/C17H14ClN3O3/c1-9-3-4-13-10(5-9)16(20-8-19-13)21-14-7-15(24-2)11(17(22)23)6-12(14)18/h3-8H,1-2H3,(H,22,23)(H,19,20,21). The maximum Gasteiger partial charge on any atom is 0.339 e. The van der Waals surface area contributed by atoms with E-state index in [1.54, 1.807) is 0 Å². The number of carboxylic acids is 1. The van der Waals surface area contributed by atoms with E-state index in [9.17, 15) is 9.90 Å². The molecule has 0 bridgehead atoms. The molecule has 0 fully saturated rings. The summed E-state index contributed by atoms with van der Waals surface area (Å²) in [4.78, 5) is 19.7. The summed E-state index contributed by atoms with van der Waals surface area (Å²) in [6, 6.07) is 8.73. The highest BCUT2D eigenvalue weighted by molar-refractivity contribution is 6.34. The number of anilines is 2. The van der Waals surface area contributed by atoms with Gasteiger partial charge in [0.2, 0.25) is 0 Å². The summed E-state index contributed by atoms with van der Waals surface area (Å²) in [5.41, 5.74) is 2.37. The van der Waals surface area contributed by atoms with Crippen LogP contribution in [0.25, 0.3) is 10.9 Å². The molecule has 0 radical (unpaired) electrons. The van der Waals surface area contributed by atoms with Gasteiger partial charge in [-0.1, -0.05) is 23.2 Å². The van der Waals surface area contributed by atoms with Gasteiger partial charge in [-0.3, -0.25) is 0 Å². The van der Waals surface area contributed by atoms with Gasteiger partial charge in [-0.05, 0) is 25.1 Å². The third-order valence-electron chi connectivity index (χ3n) is 3.56. The lowest BCUT2D eigenvalue weighted by Gasteiger charge is -2.13. The third kappa shape index (κ3) is 2.96. The monoisotopic (exact) mass is 343 g/mol. The van der Waals surface area contributed by atoms with Gasteiger partial charge in [-0.25, -0.2) is 14.8 Å². The van der Waals surface area contributed by atoms with Gasteiger partial charge in [-0.15, -0.1) is 0 Å². The summed E-state index contributed by atoms with van der Waals surface area (Å²) in [7, 11) is 1.41. The molecule has 0 aliphatic heterocycles. The predicted octanol–water partition coefficient (Wildman–Crippen LogP) is 4.04. The second kappa shape index (κ2) is 6.33. The Morgan fingerprint density at radius 3 is 2.75 bits per heavy atom. The van der Waals surface area contributed by atoms with Gasteiger partial charge in [0.15, 0.2) is 0 Å². The molecule has 0 aliphatic rings. The molecule has 0 aliphatic carbocycles. The number of benzene rings is 2. The third-order valence-corrected chi connectivity index (χ3v) is 3.88. The Bertz CT molecular complexity index is 944. The zero-order valence-corrected chi connectivity index (χ0v) is 13.8. The van der Waals surface area contributed by atoms with E-state index >= 15 is 0 Å². The summed E-state index contributed by atoms with van der Waals surface area (Å²) in [6.45, 7) is 1.98. The summed E-state index contributed by atoms with van der Waals surface area (Å²) in [5.74, 6) is -0.317. The van der Waals surface area contributed by atoms with Crippen LogP contribution in [0, 0.1) is 6.92 Å². The molecule has 0 amide bonds. The van der Waals surface area contributed by atoms with E-state index in [1.165, 1.54) is 25.6 Å². The van der Waals surface area contributed by atoms with Crippen molar-refractivity contribution in [1.29, 1.82) is 0 Å². The maximum absolute atomic E-state index is 11.2.